The number of nitrogens with zero attached hydrogens (tertiary/aromatic N) is 1. The molecule has 2 heteroatoms. The Morgan fingerprint density at radius 1 is 0.920 bits per heavy atom. The summed E-state index contributed by atoms with van der Waals surface area (Å²) in [5.74, 6) is 0.736. The highest BCUT2D eigenvalue weighted by Gasteiger charge is 2.18. The van der Waals surface area contributed by atoms with Crippen LogP contribution in [0.2, 0.25) is 0 Å². The lowest BCUT2D eigenvalue weighted by atomic mass is 9.84. The standard InChI is InChI=1S/C12H16O.C11H15N/c1-13-9-10-6-7-11-4-2-3-5-12(11)8-10;1-9-7-10-5-3-4-6-11(10)8-12(9)2/h2-5,10H,6-9H2,1H3;3-6,9H,7-8H2,1-2H3. The van der Waals surface area contributed by atoms with Gasteiger partial charge in [0.05, 0.1) is 0 Å². The van der Waals surface area contributed by atoms with Crippen LogP contribution in [0, 0.1) is 5.92 Å². The topological polar surface area (TPSA) is 12.5 Å². The maximum Gasteiger partial charge on any atom is 0.0493 e. The van der Waals surface area contributed by atoms with Crippen LogP contribution in [0.5, 0.6) is 0 Å². The zero-order chi connectivity index (χ0) is 17.6. The second-order valence-corrected chi connectivity index (χ2v) is 7.57. The summed E-state index contributed by atoms with van der Waals surface area (Å²) in [4.78, 5) is 2.41. The summed E-state index contributed by atoms with van der Waals surface area (Å²) in [5, 5.41) is 0. The third kappa shape index (κ3) is 4.71. The Balaban J connectivity index is 0.000000146. The number of benzene rings is 2. The Morgan fingerprint density at radius 3 is 2.20 bits per heavy atom. The lowest BCUT2D eigenvalue weighted by molar-refractivity contribution is 0.145. The molecular weight excluding hydrogens is 306 g/mol. The van der Waals surface area contributed by atoms with E-state index in [4.69, 9.17) is 4.74 Å². The van der Waals surface area contributed by atoms with Gasteiger partial charge in [-0.15, -0.1) is 0 Å². The number of hydrogen-bond acceptors (Lipinski definition) is 2. The highest BCUT2D eigenvalue weighted by molar-refractivity contribution is 5.30. The van der Waals surface area contributed by atoms with Crippen molar-refractivity contribution in [1.29, 1.82) is 0 Å². The van der Waals surface area contributed by atoms with Crippen LogP contribution in [0.4, 0.5) is 0 Å². The summed E-state index contributed by atoms with van der Waals surface area (Å²) >= 11 is 0. The van der Waals surface area contributed by atoms with Crippen LogP contribution in [0.15, 0.2) is 48.5 Å². The fraction of sp³-hybridized carbons (Fsp3) is 0.478. The Morgan fingerprint density at radius 2 is 1.52 bits per heavy atom. The van der Waals surface area contributed by atoms with Gasteiger partial charge in [-0.05, 0) is 67.8 Å². The van der Waals surface area contributed by atoms with Crippen molar-refractivity contribution < 1.29 is 4.74 Å². The second kappa shape index (κ2) is 8.64. The van der Waals surface area contributed by atoms with Crippen LogP contribution >= 0.6 is 0 Å². The Labute approximate surface area is 152 Å². The summed E-state index contributed by atoms with van der Waals surface area (Å²) in [6.45, 7) is 4.31. The van der Waals surface area contributed by atoms with Crippen molar-refractivity contribution in [3.63, 3.8) is 0 Å². The van der Waals surface area contributed by atoms with E-state index in [1.165, 1.54) is 47.9 Å². The molecule has 2 unspecified atom stereocenters. The van der Waals surface area contributed by atoms with Gasteiger partial charge < -0.3 is 4.74 Å². The molecule has 2 nitrogen and oxygen atoms in total. The number of rotatable bonds is 2. The van der Waals surface area contributed by atoms with Gasteiger partial charge in [0, 0.05) is 26.3 Å². The van der Waals surface area contributed by atoms with Crippen molar-refractivity contribution in [1.82, 2.24) is 4.90 Å². The molecule has 2 atom stereocenters. The molecule has 0 N–H and O–H groups in total. The van der Waals surface area contributed by atoms with E-state index in [0.717, 1.165) is 19.1 Å². The fourth-order valence-corrected chi connectivity index (χ4v) is 3.96. The van der Waals surface area contributed by atoms with E-state index in [1.807, 2.05) is 0 Å². The van der Waals surface area contributed by atoms with Gasteiger partial charge in [0.1, 0.15) is 0 Å². The monoisotopic (exact) mass is 337 g/mol. The molecule has 1 heterocycles. The molecular formula is C23H31NO. The minimum atomic E-state index is 0.694. The third-order valence-electron chi connectivity index (χ3n) is 5.66. The van der Waals surface area contributed by atoms with E-state index in [1.54, 1.807) is 7.11 Å². The number of fused-ring (bicyclic) bond motifs is 2. The SMILES string of the molecule is CC1Cc2ccccc2CN1C.COCC1CCc2ccccc2C1. The van der Waals surface area contributed by atoms with Crippen molar-refractivity contribution in [2.45, 2.75) is 45.2 Å². The van der Waals surface area contributed by atoms with Gasteiger partial charge in [0.25, 0.3) is 0 Å². The maximum absolute atomic E-state index is 5.20. The first-order valence-corrected chi connectivity index (χ1v) is 9.50. The molecule has 2 aromatic rings. The normalized spacial score (nSPS) is 22.4. The molecule has 0 saturated carbocycles. The molecule has 0 amide bonds. The summed E-state index contributed by atoms with van der Waals surface area (Å²) in [7, 11) is 3.99. The number of likely N-dealkylation sites (N-methyl/N-ethyl adjacent to an activating group) is 1. The maximum atomic E-state index is 5.20. The zero-order valence-corrected chi connectivity index (χ0v) is 15.9. The third-order valence-corrected chi connectivity index (χ3v) is 5.66. The molecule has 1 aliphatic heterocycles. The summed E-state index contributed by atoms with van der Waals surface area (Å²) in [6.07, 6.45) is 4.91. The second-order valence-electron chi connectivity index (χ2n) is 7.57. The number of methoxy groups -OCH3 is 1. The van der Waals surface area contributed by atoms with E-state index in [2.05, 4.69) is 67.4 Å². The molecule has 2 aromatic carbocycles. The van der Waals surface area contributed by atoms with Crippen LogP contribution in [0.25, 0.3) is 0 Å². The average molecular weight is 338 g/mol. The predicted molar refractivity (Wildman–Crippen MR) is 105 cm³/mol. The Hall–Kier alpha value is -1.64. The van der Waals surface area contributed by atoms with Crippen molar-refractivity contribution in [3.05, 3.63) is 70.8 Å². The van der Waals surface area contributed by atoms with Gasteiger partial charge in [-0.1, -0.05) is 48.5 Å². The van der Waals surface area contributed by atoms with Gasteiger partial charge in [0.15, 0.2) is 0 Å². The minimum absolute atomic E-state index is 0.694. The van der Waals surface area contributed by atoms with E-state index < -0.39 is 0 Å². The summed E-state index contributed by atoms with van der Waals surface area (Å²) < 4.78 is 5.20. The van der Waals surface area contributed by atoms with Gasteiger partial charge in [0.2, 0.25) is 0 Å². The Kier molecular flexibility index (Phi) is 6.28. The van der Waals surface area contributed by atoms with Crippen LogP contribution in [-0.2, 0) is 30.5 Å². The molecule has 0 bridgehead atoms. The van der Waals surface area contributed by atoms with Crippen LogP contribution < -0.4 is 0 Å². The zero-order valence-electron chi connectivity index (χ0n) is 15.9. The van der Waals surface area contributed by atoms with Gasteiger partial charge in [-0.3, -0.25) is 4.90 Å². The van der Waals surface area contributed by atoms with Crippen molar-refractivity contribution in [2.75, 3.05) is 20.8 Å². The molecule has 0 fully saturated rings. The lowest BCUT2D eigenvalue weighted by Gasteiger charge is -2.31. The first kappa shape index (κ1) is 18.2. The molecule has 0 aromatic heterocycles. The first-order chi connectivity index (χ1) is 12.2. The van der Waals surface area contributed by atoms with Gasteiger partial charge >= 0.3 is 0 Å². The fourth-order valence-electron chi connectivity index (χ4n) is 3.96. The molecule has 1 aliphatic carbocycles. The molecule has 0 spiro atoms. The van der Waals surface area contributed by atoms with E-state index in [-0.39, 0.29) is 0 Å². The molecule has 134 valence electrons. The van der Waals surface area contributed by atoms with Crippen LogP contribution in [-0.4, -0.2) is 31.7 Å². The number of aryl methyl sites for hydroxylation is 1. The Bertz CT molecular complexity index is 652. The quantitative estimate of drug-likeness (QED) is 0.800. The molecule has 25 heavy (non-hydrogen) atoms. The van der Waals surface area contributed by atoms with Crippen LogP contribution in [0.1, 0.15) is 35.6 Å². The molecule has 2 aliphatic rings. The molecule has 0 saturated heterocycles. The van der Waals surface area contributed by atoms with E-state index in [9.17, 15) is 0 Å². The smallest absolute Gasteiger partial charge is 0.0493 e. The predicted octanol–water partition coefficient (Wildman–Crippen LogP) is 4.50. The summed E-state index contributed by atoms with van der Waals surface area (Å²) in [6, 6.07) is 18.2. The molecule has 0 radical (unpaired) electrons. The van der Waals surface area contributed by atoms with Crippen molar-refractivity contribution >= 4 is 0 Å². The minimum Gasteiger partial charge on any atom is -0.384 e. The summed E-state index contributed by atoms with van der Waals surface area (Å²) in [5.41, 5.74) is 6.09. The first-order valence-electron chi connectivity index (χ1n) is 9.50. The molecule has 4 rings (SSSR count). The number of ether oxygens (including phenoxy) is 1. The van der Waals surface area contributed by atoms with E-state index in [0.29, 0.717) is 6.04 Å². The van der Waals surface area contributed by atoms with Gasteiger partial charge in [-0.2, -0.15) is 0 Å². The number of hydrogen-bond donors (Lipinski definition) is 0. The average Bonchev–Trinajstić information content (AvgIpc) is 2.63. The van der Waals surface area contributed by atoms with Crippen molar-refractivity contribution in [2.24, 2.45) is 5.92 Å². The van der Waals surface area contributed by atoms with Gasteiger partial charge in [-0.25, -0.2) is 0 Å². The highest BCUT2D eigenvalue weighted by Crippen LogP contribution is 2.25. The van der Waals surface area contributed by atoms with Crippen LogP contribution in [0.3, 0.4) is 0 Å². The largest absolute Gasteiger partial charge is 0.384 e. The van der Waals surface area contributed by atoms with Crippen molar-refractivity contribution in [3.8, 4) is 0 Å². The van der Waals surface area contributed by atoms with E-state index >= 15 is 0 Å². The highest BCUT2D eigenvalue weighted by atomic mass is 16.5. The lowest BCUT2D eigenvalue weighted by Crippen LogP contribution is -2.34.